The Morgan fingerprint density at radius 1 is 1.03 bits per heavy atom. The van der Waals surface area contributed by atoms with Crippen molar-refractivity contribution in [2.45, 2.75) is 45.1 Å². The van der Waals surface area contributed by atoms with Gasteiger partial charge in [0, 0.05) is 19.0 Å². The maximum atomic E-state index is 13.2. The van der Waals surface area contributed by atoms with Gasteiger partial charge in [-0.2, -0.15) is 0 Å². The molecule has 1 saturated heterocycles. The van der Waals surface area contributed by atoms with Crippen molar-refractivity contribution >= 4 is 11.8 Å². The van der Waals surface area contributed by atoms with E-state index in [2.05, 4.69) is 10.3 Å². The van der Waals surface area contributed by atoms with Gasteiger partial charge in [-0.25, -0.2) is 13.8 Å². The average Bonchev–Trinajstić information content (AvgIpc) is 3.32. The number of imidazole rings is 1. The van der Waals surface area contributed by atoms with E-state index >= 15 is 0 Å². The van der Waals surface area contributed by atoms with E-state index in [4.69, 9.17) is 4.74 Å². The topological polar surface area (TPSA) is 76.5 Å². The molecule has 2 atom stereocenters. The minimum Gasteiger partial charge on any atom is -0.365 e. The van der Waals surface area contributed by atoms with Crippen LogP contribution >= 0.6 is 0 Å². The van der Waals surface area contributed by atoms with E-state index in [1.165, 1.54) is 24.3 Å². The number of halogens is 2. The second-order valence-electron chi connectivity index (χ2n) is 9.39. The predicted molar refractivity (Wildman–Crippen MR) is 128 cm³/mol. The number of fused-ring (bicyclic) bond motifs is 1. The molecule has 1 fully saturated rings. The second kappa shape index (κ2) is 10.2. The molecule has 0 aliphatic carbocycles. The quantitative estimate of drug-likeness (QED) is 0.578. The van der Waals surface area contributed by atoms with E-state index < -0.39 is 0 Å². The van der Waals surface area contributed by atoms with Crippen LogP contribution < -0.4 is 5.32 Å². The Morgan fingerprint density at radius 2 is 1.67 bits per heavy atom. The van der Waals surface area contributed by atoms with E-state index in [1.54, 1.807) is 35.5 Å². The molecular weight excluding hydrogens is 466 g/mol. The molecule has 7 nitrogen and oxygen atoms in total. The van der Waals surface area contributed by atoms with Gasteiger partial charge < -0.3 is 19.5 Å². The second-order valence-corrected chi connectivity index (χ2v) is 9.39. The number of rotatable bonds is 5. The maximum Gasteiger partial charge on any atom is 0.274 e. The fourth-order valence-electron chi connectivity index (χ4n) is 4.85. The summed E-state index contributed by atoms with van der Waals surface area (Å²) in [6.07, 6.45) is 2.54. The van der Waals surface area contributed by atoms with Crippen LogP contribution in [0.15, 0.2) is 54.9 Å². The highest BCUT2D eigenvalue weighted by molar-refractivity contribution is 5.93. The van der Waals surface area contributed by atoms with Crippen LogP contribution in [0.5, 0.6) is 0 Å². The van der Waals surface area contributed by atoms with Crippen molar-refractivity contribution in [2.75, 3.05) is 13.1 Å². The Balaban J connectivity index is 1.16. The molecule has 2 aliphatic heterocycles. The molecule has 1 aromatic heterocycles. The van der Waals surface area contributed by atoms with Crippen molar-refractivity contribution in [3.63, 3.8) is 0 Å². The molecule has 2 aliphatic rings. The molecule has 0 unspecified atom stereocenters. The minimum atomic E-state index is -0.312. The zero-order valence-corrected chi connectivity index (χ0v) is 20.0. The number of likely N-dealkylation sites (tertiary alicyclic amines) is 1. The summed E-state index contributed by atoms with van der Waals surface area (Å²) in [6.45, 7) is 3.54. The molecule has 1 N–H and O–H groups in total. The van der Waals surface area contributed by atoms with Crippen LogP contribution in [-0.4, -0.2) is 39.4 Å². The Morgan fingerprint density at radius 3 is 2.33 bits per heavy atom. The van der Waals surface area contributed by atoms with Crippen molar-refractivity contribution in [3.05, 3.63) is 89.0 Å². The number of amides is 2. The van der Waals surface area contributed by atoms with Crippen LogP contribution in [0.25, 0.3) is 0 Å². The van der Waals surface area contributed by atoms with Crippen LogP contribution in [-0.2, 0) is 22.7 Å². The molecule has 2 aromatic carbocycles. The molecule has 3 heterocycles. The van der Waals surface area contributed by atoms with E-state index in [9.17, 15) is 18.4 Å². The zero-order chi connectivity index (χ0) is 25.2. The number of carbonyl (C=O) groups is 2. The largest absolute Gasteiger partial charge is 0.365 e. The first kappa shape index (κ1) is 24.1. The summed E-state index contributed by atoms with van der Waals surface area (Å²) in [5, 5.41) is 3.00. The highest BCUT2D eigenvalue weighted by Crippen LogP contribution is 2.29. The molecule has 3 aromatic rings. The van der Waals surface area contributed by atoms with Crippen molar-refractivity contribution in [3.8, 4) is 0 Å². The highest BCUT2D eigenvalue weighted by Gasteiger charge is 2.32. The Hall–Kier alpha value is -3.59. The van der Waals surface area contributed by atoms with Crippen LogP contribution in [0.3, 0.4) is 0 Å². The van der Waals surface area contributed by atoms with Gasteiger partial charge >= 0.3 is 0 Å². The monoisotopic (exact) mass is 494 g/mol. The number of piperidine rings is 1. The summed E-state index contributed by atoms with van der Waals surface area (Å²) in [4.78, 5) is 32.1. The highest BCUT2D eigenvalue weighted by atomic mass is 19.1. The average molecular weight is 495 g/mol. The smallest absolute Gasteiger partial charge is 0.274 e. The van der Waals surface area contributed by atoms with Crippen LogP contribution in [0, 0.1) is 17.6 Å². The lowest BCUT2D eigenvalue weighted by molar-refractivity contribution is -0.127. The summed E-state index contributed by atoms with van der Waals surface area (Å²) in [6, 6.07) is 12.1. The maximum absolute atomic E-state index is 13.2. The third-order valence-electron chi connectivity index (χ3n) is 7.06. The van der Waals surface area contributed by atoms with Gasteiger partial charge in [-0.05, 0) is 55.2 Å². The molecule has 0 bridgehead atoms. The van der Waals surface area contributed by atoms with Gasteiger partial charge in [0.25, 0.3) is 5.91 Å². The summed E-state index contributed by atoms with van der Waals surface area (Å²) < 4.78 is 34.3. The van der Waals surface area contributed by atoms with Crippen molar-refractivity contribution in [1.29, 1.82) is 0 Å². The van der Waals surface area contributed by atoms with Gasteiger partial charge in [-0.15, -0.1) is 0 Å². The Bertz CT molecular complexity index is 1230. The third kappa shape index (κ3) is 5.02. The van der Waals surface area contributed by atoms with Gasteiger partial charge in [0.15, 0.2) is 5.69 Å². The van der Waals surface area contributed by atoms with Gasteiger partial charge in [0.2, 0.25) is 5.91 Å². The number of benzene rings is 2. The standard InChI is InChI=1S/C27H28F2N4O3/c1-17(18-2-6-21(28)7-3-18)31-26(34)20-10-12-32(13-11-20)27(35)25-23-15-36-24(14-33(23)16-30-25)19-4-8-22(29)9-5-19/h2-9,16-17,20,24H,10-15H2,1H3,(H,31,34)/t17-,24-/m0/s1. The Kier molecular flexibility index (Phi) is 6.82. The van der Waals surface area contributed by atoms with E-state index in [0.717, 1.165) is 16.8 Å². The fraction of sp³-hybridized carbons (Fsp3) is 0.370. The van der Waals surface area contributed by atoms with Gasteiger partial charge in [-0.3, -0.25) is 9.59 Å². The van der Waals surface area contributed by atoms with Gasteiger partial charge in [0.05, 0.1) is 31.2 Å². The van der Waals surface area contributed by atoms with Gasteiger partial charge in [0.1, 0.15) is 17.7 Å². The lowest BCUT2D eigenvalue weighted by Crippen LogP contribution is -2.43. The van der Waals surface area contributed by atoms with Crippen LogP contribution in [0.4, 0.5) is 8.78 Å². The van der Waals surface area contributed by atoms with E-state index in [1.807, 2.05) is 11.5 Å². The first-order chi connectivity index (χ1) is 17.4. The fourth-order valence-corrected chi connectivity index (χ4v) is 4.85. The lowest BCUT2D eigenvalue weighted by atomic mass is 9.95. The lowest BCUT2D eigenvalue weighted by Gasteiger charge is -2.32. The number of hydrogen-bond donors (Lipinski definition) is 1. The number of nitrogens with zero attached hydrogens (tertiary/aromatic N) is 3. The molecule has 36 heavy (non-hydrogen) atoms. The third-order valence-corrected chi connectivity index (χ3v) is 7.06. The minimum absolute atomic E-state index is 0.0569. The molecule has 0 saturated carbocycles. The Labute approximate surface area is 208 Å². The van der Waals surface area contributed by atoms with Crippen molar-refractivity contribution in [1.82, 2.24) is 19.8 Å². The first-order valence-corrected chi connectivity index (χ1v) is 12.1. The van der Waals surface area contributed by atoms with Gasteiger partial charge in [-0.1, -0.05) is 24.3 Å². The molecular formula is C27H28F2N4O3. The van der Waals surface area contributed by atoms with Crippen molar-refractivity contribution in [2.24, 2.45) is 5.92 Å². The molecule has 2 amide bonds. The number of nitrogens with one attached hydrogen (secondary N) is 1. The first-order valence-electron chi connectivity index (χ1n) is 12.1. The number of hydrogen-bond acceptors (Lipinski definition) is 4. The number of carbonyl (C=O) groups excluding carboxylic acids is 2. The normalized spacial score (nSPS) is 19.0. The predicted octanol–water partition coefficient (Wildman–Crippen LogP) is 4.16. The molecule has 5 rings (SSSR count). The van der Waals surface area contributed by atoms with E-state index in [0.29, 0.717) is 38.2 Å². The van der Waals surface area contributed by atoms with Crippen LogP contribution in [0.2, 0.25) is 0 Å². The molecule has 188 valence electrons. The molecule has 9 heteroatoms. The van der Waals surface area contributed by atoms with Crippen molar-refractivity contribution < 1.29 is 23.1 Å². The summed E-state index contributed by atoms with van der Waals surface area (Å²) in [5.74, 6) is -1.01. The molecule has 0 spiro atoms. The summed E-state index contributed by atoms with van der Waals surface area (Å²) in [5.41, 5.74) is 2.82. The SMILES string of the molecule is C[C@H](NC(=O)C1CCN(C(=O)c2ncn3c2CO[C@H](c2ccc(F)cc2)C3)CC1)c1ccc(F)cc1. The van der Waals surface area contributed by atoms with Crippen LogP contribution in [0.1, 0.15) is 59.2 Å². The van der Waals surface area contributed by atoms with E-state index in [-0.39, 0.29) is 48.1 Å². The zero-order valence-electron chi connectivity index (χ0n) is 20.0. The summed E-state index contributed by atoms with van der Waals surface area (Å²) >= 11 is 0. The number of aromatic nitrogens is 2. The molecule has 0 radical (unpaired) electrons. The number of ether oxygens (including phenoxy) is 1. The summed E-state index contributed by atoms with van der Waals surface area (Å²) in [7, 11) is 0.